The Kier molecular flexibility index (Phi) is 6.33. The van der Waals surface area contributed by atoms with E-state index < -0.39 is 0 Å². The van der Waals surface area contributed by atoms with Crippen molar-refractivity contribution in [1.29, 1.82) is 0 Å². The first kappa shape index (κ1) is 21.7. The first-order valence-corrected chi connectivity index (χ1v) is 10.8. The molecule has 32 heavy (non-hydrogen) atoms. The Hall–Kier alpha value is -3.50. The molecule has 4 heteroatoms. The Morgan fingerprint density at radius 1 is 1.00 bits per heavy atom. The van der Waals surface area contributed by atoms with E-state index in [0.717, 1.165) is 39.0 Å². The normalized spacial score (nSPS) is 11.9. The lowest BCUT2D eigenvalue weighted by atomic mass is 9.84. The third-order valence-corrected chi connectivity index (χ3v) is 5.41. The minimum Gasteiger partial charge on any atom is -0.488 e. The van der Waals surface area contributed by atoms with Crippen LogP contribution in [-0.2, 0) is 12.0 Å². The van der Waals surface area contributed by atoms with Crippen LogP contribution in [0.2, 0.25) is 0 Å². The Morgan fingerprint density at radius 2 is 1.81 bits per heavy atom. The minimum atomic E-state index is -0.0125. The van der Waals surface area contributed by atoms with E-state index in [2.05, 4.69) is 44.0 Å². The molecular weight excluding hydrogens is 396 g/mol. The summed E-state index contributed by atoms with van der Waals surface area (Å²) in [6.45, 7) is 7.03. The standard InChI is InChI=1S/C28H28N2O2/c1-28(2,3)22-11-12-23(21(16-22)10-7-15-31)26-17-27(24-18-29-14-13-25(24)30-26)32-19-20-8-5-4-6-9-20/h4-14,16-18,31H,15,19H2,1-3H3/b10-7+. The fourth-order valence-electron chi connectivity index (χ4n) is 3.61. The SMILES string of the molecule is CC(C)(C)c1ccc(-c2cc(OCc3ccccc3)c3cnccc3n2)c(/C=C/CO)c1. The molecule has 4 aromatic rings. The molecular formula is C28H28N2O2. The van der Waals surface area contributed by atoms with Gasteiger partial charge in [-0.25, -0.2) is 4.98 Å². The largest absolute Gasteiger partial charge is 0.488 e. The zero-order valence-electron chi connectivity index (χ0n) is 18.7. The first-order valence-electron chi connectivity index (χ1n) is 10.8. The summed E-state index contributed by atoms with van der Waals surface area (Å²) < 4.78 is 6.23. The van der Waals surface area contributed by atoms with Gasteiger partial charge in [0.15, 0.2) is 0 Å². The lowest BCUT2D eigenvalue weighted by Gasteiger charge is -2.21. The van der Waals surface area contributed by atoms with Gasteiger partial charge in [-0.15, -0.1) is 0 Å². The molecule has 1 N–H and O–H groups in total. The molecule has 0 radical (unpaired) electrons. The molecule has 2 heterocycles. The molecule has 0 fully saturated rings. The number of aromatic nitrogens is 2. The maximum Gasteiger partial charge on any atom is 0.132 e. The summed E-state index contributed by atoms with van der Waals surface area (Å²) in [4.78, 5) is 9.17. The van der Waals surface area contributed by atoms with Gasteiger partial charge in [0.1, 0.15) is 12.4 Å². The molecule has 0 saturated heterocycles. The van der Waals surface area contributed by atoms with E-state index in [1.807, 2.05) is 48.5 Å². The van der Waals surface area contributed by atoms with Crippen LogP contribution in [0.4, 0.5) is 0 Å². The molecule has 4 nitrogen and oxygen atoms in total. The summed E-state index contributed by atoms with van der Waals surface area (Å²) in [5.41, 5.74) is 6.01. The molecule has 2 aromatic carbocycles. The van der Waals surface area contributed by atoms with Crippen LogP contribution < -0.4 is 4.74 Å². The zero-order valence-corrected chi connectivity index (χ0v) is 18.7. The van der Waals surface area contributed by atoms with Gasteiger partial charge in [0.2, 0.25) is 0 Å². The summed E-state index contributed by atoms with van der Waals surface area (Å²) in [7, 11) is 0. The van der Waals surface area contributed by atoms with Crippen molar-refractivity contribution in [2.24, 2.45) is 0 Å². The fourth-order valence-corrected chi connectivity index (χ4v) is 3.61. The summed E-state index contributed by atoms with van der Waals surface area (Å²) in [6, 6.07) is 20.4. The maximum absolute atomic E-state index is 9.35. The number of benzene rings is 2. The molecule has 162 valence electrons. The molecule has 0 saturated carbocycles. The maximum atomic E-state index is 9.35. The van der Waals surface area contributed by atoms with E-state index in [0.29, 0.717) is 6.61 Å². The predicted molar refractivity (Wildman–Crippen MR) is 131 cm³/mol. The average molecular weight is 425 g/mol. The molecule has 0 unspecified atom stereocenters. The zero-order chi connectivity index (χ0) is 22.6. The molecule has 0 spiro atoms. The number of ether oxygens (including phenoxy) is 1. The van der Waals surface area contributed by atoms with Crippen molar-refractivity contribution < 1.29 is 9.84 Å². The number of nitrogens with zero attached hydrogens (tertiary/aromatic N) is 2. The summed E-state index contributed by atoms with van der Waals surface area (Å²) in [6.07, 6.45) is 7.24. The van der Waals surface area contributed by atoms with Gasteiger partial charge in [0.05, 0.1) is 23.2 Å². The van der Waals surface area contributed by atoms with Gasteiger partial charge in [0, 0.05) is 24.0 Å². The number of rotatable bonds is 6. The van der Waals surface area contributed by atoms with Crippen LogP contribution in [0.3, 0.4) is 0 Å². The van der Waals surface area contributed by atoms with E-state index in [9.17, 15) is 5.11 Å². The third-order valence-electron chi connectivity index (χ3n) is 5.41. The van der Waals surface area contributed by atoms with Crippen LogP contribution in [-0.4, -0.2) is 21.7 Å². The van der Waals surface area contributed by atoms with Crippen molar-refractivity contribution in [2.75, 3.05) is 6.61 Å². The molecule has 0 bridgehead atoms. The molecule has 0 amide bonds. The van der Waals surface area contributed by atoms with Crippen LogP contribution in [0.15, 0.2) is 79.1 Å². The number of hydrogen-bond donors (Lipinski definition) is 1. The van der Waals surface area contributed by atoms with Gasteiger partial charge in [-0.05, 0) is 28.2 Å². The van der Waals surface area contributed by atoms with Gasteiger partial charge in [-0.3, -0.25) is 4.98 Å². The monoisotopic (exact) mass is 424 g/mol. The van der Waals surface area contributed by atoms with Crippen LogP contribution in [0.1, 0.15) is 37.5 Å². The van der Waals surface area contributed by atoms with Crippen LogP contribution in [0, 0.1) is 0 Å². The quantitative estimate of drug-likeness (QED) is 0.402. The molecule has 0 aliphatic rings. The van der Waals surface area contributed by atoms with Gasteiger partial charge >= 0.3 is 0 Å². The van der Waals surface area contributed by atoms with E-state index in [4.69, 9.17) is 9.72 Å². The number of hydrogen-bond acceptors (Lipinski definition) is 4. The molecule has 0 aliphatic carbocycles. The van der Waals surface area contributed by atoms with E-state index in [-0.39, 0.29) is 12.0 Å². The lowest BCUT2D eigenvalue weighted by molar-refractivity contribution is 0.310. The summed E-state index contributed by atoms with van der Waals surface area (Å²) in [5.74, 6) is 0.749. The second-order valence-corrected chi connectivity index (χ2v) is 8.81. The summed E-state index contributed by atoms with van der Waals surface area (Å²) >= 11 is 0. The smallest absolute Gasteiger partial charge is 0.132 e. The van der Waals surface area contributed by atoms with Crippen molar-refractivity contribution >= 4 is 17.0 Å². The number of fused-ring (bicyclic) bond motifs is 1. The van der Waals surface area contributed by atoms with Gasteiger partial charge in [-0.2, -0.15) is 0 Å². The number of aliphatic hydroxyl groups is 1. The van der Waals surface area contributed by atoms with Gasteiger partial charge in [0.25, 0.3) is 0 Å². The van der Waals surface area contributed by atoms with Gasteiger partial charge < -0.3 is 9.84 Å². The van der Waals surface area contributed by atoms with Crippen molar-refractivity contribution in [3.05, 3.63) is 95.8 Å². The van der Waals surface area contributed by atoms with Crippen molar-refractivity contribution in [1.82, 2.24) is 9.97 Å². The second kappa shape index (κ2) is 9.33. The lowest BCUT2D eigenvalue weighted by Crippen LogP contribution is -2.11. The highest BCUT2D eigenvalue weighted by molar-refractivity contribution is 5.88. The predicted octanol–water partition coefficient (Wildman–Crippen LogP) is 6.18. The highest BCUT2D eigenvalue weighted by Crippen LogP contribution is 2.34. The number of pyridine rings is 2. The Morgan fingerprint density at radius 3 is 2.56 bits per heavy atom. The first-order chi connectivity index (χ1) is 15.5. The van der Waals surface area contributed by atoms with Crippen LogP contribution in [0.25, 0.3) is 28.2 Å². The Bertz CT molecular complexity index is 1240. The third kappa shape index (κ3) is 4.87. The molecule has 0 aliphatic heterocycles. The minimum absolute atomic E-state index is 0.0125. The van der Waals surface area contributed by atoms with Gasteiger partial charge in [-0.1, -0.05) is 81.5 Å². The molecule has 0 atom stereocenters. The van der Waals surface area contributed by atoms with Crippen LogP contribution in [0.5, 0.6) is 5.75 Å². The highest BCUT2D eigenvalue weighted by atomic mass is 16.5. The number of aliphatic hydroxyl groups excluding tert-OH is 1. The Balaban J connectivity index is 1.81. The van der Waals surface area contributed by atoms with Crippen molar-refractivity contribution in [3.8, 4) is 17.0 Å². The van der Waals surface area contributed by atoms with Crippen LogP contribution >= 0.6 is 0 Å². The molecule has 2 aromatic heterocycles. The topological polar surface area (TPSA) is 55.2 Å². The van der Waals surface area contributed by atoms with E-state index in [1.165, 1.54) is 5.56 Å². The van der Waals surface area contributed by atoms with Crippen molar-refractivity contribution in [3.63, 3.8) is 0 Å². The molecule has 4 rings (SSSR count). The highest BCUT2D eigenvalue weighted by Gasteiger charge is 2.17. The second-order valence-electron chi connectivity index (χ2n) is 8.81. The average Bonchev–Trinajstić information content (AvgIpc) is 2.81. The summed E-state index contributed by atoms with van der Waals surface area (Å²) in [5, 5.41) is 10.2. The fraction of sp³-hybridized carbons (Fsp3) is 0.214. The Labute approximate surface area is 189 Å². The van der Waals surface area contributed by atoms with E-state index in [1.54, 1.807) is 18.5 Å². The van der Waals surface area contributed by atoms with E-state index >= 15 is 0 Å². The van der Waals surface area contributed by atoms with Crippen molar-refractivity contribution in [2.45, 2.75) is 32.8 Å².